The molecule has 0 bridgehead atoms. The van der Waals surface area contributed by atoms with Crippen LogP contribution in [0.3, 0.4) is 0 Å². The third-order valence-electron chi connectivity index (χ3n) is 3.87. The smallest absolute Gasteiger partial charge is 0.263 e. The summed E-state index contributed by atoms with van der Waals surface area (Å²) >= 11 is 3.04. The Morgan fingerprint density at radius 1 is 1.23 bits per heavy atom. The predicted octanol–water partition coefficient (Wildman–Crippen LogP) is 4.30. The summed E-state index contributed by atoms with van der Waals surface area (Å²) in [5.41, 5.74) is 2.69. The minimum Gasteiger partial charge on any atom is -0.347 e. The molecule has 130 valence electrons. The van der Waals surface area contributed by atoms with Crippen molar-refractivity contribution in [2.45, 2.75) is 13.5 Å². The van der Waals surface area contributed by atoms with Crippen LogP contribution in [0.15, 0.2) is 60.4 Å². The Morgan fingerprint density at radius 2 is 2.08 bits per heavy atom. The summed E-state index contributed by atoms with van der Waals surface area (Å²) in [6.07, 6.45) is 5.62. The molecule has 4 aromatic rings. The topological polar surface area (TPSA) is 59.8 Å². The van der Waals surface area contributed by atoms with Gasteiger partial charge in [0.2, 0.25) is 0 Å². The molecule has 0 saturated heterocycles. The van der Waals surface area contributed by atoms with Crippen LogP contribution >= 0.6 is 22.7 Å². The van der Waals surface area contributed by atoms with Crippen LogP contribution in [0.1, 0.15) is 20.9 Å². The summed E-state index contributed by atoms with van der Waals surface area (Å²) in [5.74, 6) is -0.104. The lowest BCUT2D eigenvalue weighted by Gasteiger charge is -2.05. The average molecular weight is 380 g/mol. The summed E-state index contributed by atoms with van der Waals surface area (Å²) in [5, 5.41) is 5.81. The van der Waals surface area contributed by atoms with Crippen LogP contribution in [-0.4, -0.2) is 20.4 Å². The number of hydrogen-bond acceptors (Lipinski definition) is 5. The number of pyridine rings is 1. The van der Waals surface area contributed by atoms with Gasteiger partial charge in [0.05, 0.1) is 16.3 Å². The van der Waals surface area contributed by atoms with Crippen molar-refractivity contribution in [3.8, 4) is 15.7 Å². The number of aromatic nitrogens is 3. The minimum atomic E-state index is -0.104. The van der Waals surface area contributed by atoms with E-state index >= 15 is 0 Å². The number of rotatable bonds is 5. The molecule has 0 unspecified atom stereocenters. The Labute approximate surface area is 159 Å². The van der Waals surface area contributed by atoms with Gasteiger partial charge in [0, 0.05) is 25.1 Å². The summed E-state index contributed by atoms with van der Waals surface area (Å²) in [7, 11) is 0. The van der Waals surface area contributed by atoms with E-state index in [2.05, 4.69) is 15.3 Å². The molecule has 0 radical (unpaired) electrons. The van der Waals surface area contributed by atoms with Crippen molar-refractivity contribution < 1.29 is 4.79 Å². The standard InChI is InChI=1S/C19H16N4OS2/c1-13-17(26-19(22-13)23-8-2-3-9-23)18(24)21-12-14-6-7-20-15(11-14)16-5-4-10-25-16/h2-11H,12H2,1H3,(H,21,24). The van der Waals surface area contributed by atoms with E-state index in [1.807, 2.05) is 65.7 Å². The minimum absolute atomic E-state index is 0.104. The molecule has 26 heavy (non-hydrogen) atoms. The molecule has 0 aliphatic heterocycles. The Morgan fingerprint density at radius 3 is 2.85 bits per heavy atom. The second-order valence-electron chi connectivity index (χ2n) is 5.71. The van der Waals surface area contributed by atoms with Gasteiger partial charge in [-0.05, 0) is 48.2 Å². The molecule has 0 saturated carbocycles. The highest BCUT2D eigenvalue weighted by molar-refractivity contribution is 7.16. The van der Waals surface area contributed by atoms with Gasteiger partial charge in [-0.25, -0.2) is 4.98 Å². The van der Waals surface area contributed by atoms with Crippen molar-refractivity contribution in [1.82, 2.24) is 19.9 Å². The first-order valence-corrected chi connectivity index (χ1v) is 9.78. The zero-order chi connectivity index (χ0) is 17.9. The van der Waals surface area contributed by atoms with E-state index in [1.54, 1.807) is 17.5 Å². The molecule has 0 aliphatic carbocycles. The molecule has 1 N–H and O–H groups in total. The summed E-state index contributed by atoms with van der Waals surface area (Å²) in [6, 6.07) is 11.8. The number of carbonyl (C=O) groups excluding carboxylic acids is 1. The number of hydrogen-bond donors (Lipinski definition) is 1. The van der Waals surface area contributed by atoms with Gasteiger partial charge in [-0.3, -0.25) is 9.78 Å². The van der Waals surface area contributed by atoms with Crippen molar-refractivity contribution in [1.29, 1.82) is 0 Å². The first kappa shape index (κ1) is 16.7. The third kappa shape index (κ3) is 3.44. The van der Waals surface area contributed by atoms with Gasteiger partial charge in [-0.1, -0.05) is 17.4 Å². The van der Waals surface area contributed by atoms with Crippen LogP contribution < -0.4 is 5.32 Å². The van der Waals surface area contributed by atoms with E-state index in [0.717, 1.165) is 27.0 Å². The van der Waals surface area contributed by atoms with E-state index in [0.29, 0.717) is 11.4 Å². The molecule has 0 fully saturated rings. The fraction of sp³-hybridized carbons (Fsp3) is 0.105. The van der Waals surface area contributed by atoms with Crippen LogP contribution in [0, 0.1) is 6.92 Å². The zero-order valence-electron chi connectivity index (χ0n) is 14.0. The van der Waals surface area contributed by atoms with Crippen LogP contribution in [0.2, 0.25) is 0 Å². The normalized spacial score (nSPS) is 10.8. The molecule has 0 aromatic carbocycles. The van der Waals surface area contributed by atoms with E-state index in [9.17, 15) is 4.79 Å². The van der Waals surface area contributed by atoms with Crippen molar-refractivity contribution in [2.75, 3.05) is 0 Å². The Kier molecular flexibility index (Phi) is 4.64. The highest BCUT2D eigenvalue weighted by Gasteiger charge is 2.16. The maximum Gasteiger partial charge on any atom is 0.263 e. The number of carbonyl (C=O) groups is 1. The zero-order valence-corrected chi connectivity index (χ0v) is 15.7. The summed E-state index contributed by atoms with van der Waals surface area (Å²) in [4.78, 5) is 23.2. The number of nitrogens with zero attached hydrogens (tertiary/aromatic N) is 3. The van der Waals surface area contributed by atoms with Crippen LogP contribution in [0.25, 0.3) is 15.7 Å². The van der Waals surface area contributed by atoms with E-state index in [1.165, 1.54) is 11.3 Å². The lowest BCUT2D eigenvalue weighted by molar-refractivity contribution is 0.0954. The van der Waals surface area contributed by atoms with Crippen molar-refractivity contribution in [3.63, 3.8) is 0 Å². The molecular weight excluding hydrogens is 364 g/mol. The molecule has 0 aliphatic rings. The second-order valence-corrected chi connectivity index (χ2v) is 7.64. The molecule has 4 rings (SSSR count). The Hall–Kier alpha value is -2.77. The average Bonchev–Trinajstić information content (AvgIpc) is 3.40. The SMILES string of the molecule is Cc1nc(-n2cccc2)sc1C(=O)NCc1ccnc(-c2cccs2)c1. The van der Waals surface area contributed by atoms with Gasteiger partial charge in [0.15, 0.2) is 5.13 Å². The lowest BCUT2D eigenvalue weighted by atomic mass is 10.2. The van der Waals surface area contributed by atoms with Gasteiger partial charge in [-0.15, -0.1) is 11.3 Å². The van der Waals surface area contributed by atoms with Crippen molar-refractivity contribution >= 4 is 28.6 Å². The third-order valence-corrected chi connectivity index (χ3v) is 5.93. The second kappa shape index (κ2) is 7.23. The fourth-order valence-corrected chi connectivity index (χ4v) is 4.22. The van der Waals surface area contributed by atoms with E-state index < -0.39 is 0 Å². The highest BCUT2D eigenvalue weighted by atomic mass is 32.1. The first-order valence-electron chi connectivity index (χ1n) is 8.08. The Bertz CT molecular complexity index is 1020. The lowest BCUT2D eigenvalue weighted by Crippen LogP contribution is -2.22. The maximum atomic E-state index is 12.6. The van der Waals surface area contributed by atoms with Gasteiger partial charge < -0.3 is 9.88 Å². The monoisotopic (exact) mass is 380 g/mol. The molecule has 4 aromatic heterocycles. The van der Waals surface area contributed by atoms with Gasteiger partial charge in [-0.2, -0.15) is 0 Å². The van der Waals surface area contributed by atoms with E-state index in [4.69, 9.17) is 0 Å². The van der Waals surface area contributed by atoms with Crippen LogP contribution in [-0.2, 0) is 6.54 Å². The largest absolute Gasteiger partial charge is 0.347 e. The number of amides is 1. The molecule has 0 atom stereocenters. The van der Waals surface area contributed by atoms with Gasteiger partial charge in [0.25, 0.3) is 5.91 Å². The quantitative estimate of drug-likeness (QED) is 0.562. The van der Waals surface area contributed by atoms with Crippen molar-refractivity contribution in [2.24, 2.45) is 0 Å². The highest BCUT2D eigenvalue weighted by Crippen LogP contribution is 2.24. The molecule has 1 amide bonds. The Balaban J connectivity index is 1.47. The predicted molar refractivity (Wildman–Crippen MR) is 105 cm³/mol. The molecule has 7 heteroatoms. The molecular formula is C19H16N4OS2. The maximum absolute atomic E-state index is 12.6. The van der Waals surface area contributed by atoms with Gasteiger partial charge in [0.1, 0.15) is 4.88 Å². The summed E-state index contributed by atoms with van der Waals surface area (Å²) < 4.78 is 1.91. The van der Waals surface area contributed by atoms with Crippen LogP contribution in [0.4, 0.5) is 0 Å². The fourth-order valence-electron chi connectivity index (χ4n) is 2.57. The molecule has 4 heterocycles. The molecule has 5 nitrogen and oxygen atoms in total. The number of aryl methyl sites for hydroxylation is 1. The number of thiophene rings is 1. The first-order chi connectivity index (χ1) is 12.7. The van der Waals surface area contributed by atoms with Gasteiger partial charge >= 0.3 is 0 Å². The number of nitrogens with one attached hydrogen (secondary N) is 1. The summed E-state index contributed by atoms with van der Waals surface area (Å²) in [6.45, 7) is 2.32. The number of thiazole rings is 1. The molecule has 0 spiro atoms. The van der Waals surface area contributed by atoms with Crippen molar-refractivity contribution in [3.05, 3.63) is 76.5 Å². The van der Waals surface area contributed by atoms with Crippen LogP contribution in [0.5, 0.6) is 0 Å². The van der Waals surface area contributed by atoms with E-state index in [-0.39, 0.29) is 5.91 Å².